The van der Waals surface area contributed by atoms with Crippen LogP contribution in [0.4, 0.5) is 0 Å². The predicted molar refractivity (Wildman–Crippen MR) is 110 cm³/mol. The van der Waals surface area contributed by atoms with Gasteiger partial charge in [0.05, 0.1) is 11.1 Å². The van der Waals surface area contributed by atoms with Gasteiger partial charge in [-0.2, -0.15) is 0 Å². The lowest BCUT2D eigenvalue weighted by Gasteiger charge is -2.29. The van der Waals surface area contributed by atoms with Gasteiger partial charge in [-0.25, -0.2) is 0 Å². The van der Waals surface area contributed by atoms with Gasteiger partial charge >= 0.3 is 0 Å². The van der Waals surface area contributed by atoms with Crippen LogP contribution in [0.15, 0.2) is 66.7 Å². The Morgan fingerprint density at radius 2 is 2.03 bits per heavy atom. The van der Waals surface area contributed by atoms with Gasteiger partial charge in [0.2, 0.25) is 5.78 Å². The molecule has 0 unspecified atom stereocenters. The number of Topliss-reactive ketones (excluding diaryl/α,β-unsaturated/α-hetero) is 1. The van der Waals surface area contributed by atoms with E-state index in [2.05, 4.69) is 9.88 Å². The van der Waals surface area contributed by atoms with E-state index in [1.807, 2.05) is 61.7 Å². The van der Waals surface area contributed by atoms with Gasteiger partial charge in [-0.05, 0) is 47.9 Å². The Bertz CT molecular complexity index is 1120. The van der Waals surface area contributed by atoms with Crippen LogP contribution in [-0.2, 0) is 13.1 Å². The van der Waals surface area contributed by atoms with Crippen molar-refractivity contribution < 1.29 is 14.3 Å². The minimum atomic E-state index is -0.0876. The standard InChI is InChI=1S/C24H20N2O3/c1-16-5-2-3-7-18(16)11-22-23(27)19-8-9-21-20(24(19)29-22)14-26(15-28-21)13-17-6-4-10-25-12-17/h2-12H,13-15H2,1H3/b22-11-. The van der Waals surface area contributed by atoms with E-state index in [0.29, 0.717) is 30.3 Å². The molecule has 0 saturated carbocycles. The summed E-state index contributed by atoms with van der Waals surface area (Å²) in [4.78, 5) is 19.3. The Morgan fingerprint density at radius 1 is 1.14 bits per heavy atom. The van der Waals surface area contributed by atoms with Crippen molar-refractivity contribution >= 4 is 11.9 Å². The van der Waals surface area contributed by atoms with E-state index in [1.165, 1.54) is 0 Å². The molecule has 0 fully saturated rings. The highest BCUT2D eigenvalue weighted by molar-refractivity contribution is 6.15. The van der Waals surface area contributed by atoms with Gasteiger partial charge < -0.3 is 9.47 Å². The van der Waals surface area contributed by atoms with Crippen molar-refractivity contribution in [1.29, 1.82) is 0 Å². The van der Waals surface area contributed by atoms with Crippen LogP contribution in [0.2, 0.25) is 0 Å². The maximum atomic E-state index is 12.9. The van der Waals surface area contributed by atoms with Crippen LogP contribution in [0.25, 0.3) is 6.08 Å². The molecular formula is C24H20N2O3. The Balaban J connectivity index is 1.45. The van der Waals surface area contributed by atoms with Gasteiger partial charge in [0.25, 0.3) is 0 Å². The second-order valence-corrected chi connectivity index (χ2v) is 7.34. The van der Waals surface area contributed by atoms with E-state index in [1.54, 1.807) is 12.3 Å². The molecule has 144 valence electrons. The molecule has 29 heavy (non-hydrogen) atoms. The third-order valence-electron chi connectivity index (χ3n) is 5.29. The molecule has 3 heterocycles. The molecule has 0 amide bonds. The van der Waals surface area contributed by atoms with E-state index in [4.69, 9.17) is 9.47 Å². The number of hydrogen-bond donors (Lipinski definition) is 0. The molecule has 5 heteroatoms. The maximum absolute atomic E-state index is 12.9. The average Bonchev–Trinajstić information content (AvgIpc) is 3.06. The van der Waals surface area contributed by atoms with Gasteiger partial charge in [0.15, 0.2) is 5.76 Å². The number of pyridine rings is 1. The number of ether oxygens (including phenoxy) is 2. The molecule has 0 atom stereocenters. The molecule has 2 aliphatic rings. The quantitative estimate of drug-likeness (QED) is 0.628. The van der Waals surface area contributed by atoms with Crippen LogP contribution in [-0.4, -0.2) is 22.4 Å². The average molecular weight is 384 g/mol. The monoisotopic (exact) mass is 384 g/mol. The van der Waals surface area contributed by atoms with Crippen LogP contribution >= 0.6 is 0 Å². The number of carbonyl (C=O) groups excluding carboxylic acids is 1. The Morgan fingerprint density at radius 3 is 2.86 bits per heavy atom. The summed E-state index contributed by atoms with van der Waals surface area (Å²) in [6, 6.07) is 15.6. The lowest BCUT2D eigenvalue weighted by atomic mass is 10.0. The van der Waals surface area contributed by atoms with Crippen LogP contribution in [0.3, 0.4) is 0 Å². The summed E-state index contributed by atoms with van der Waals surface area (Å²) in [6.45, 7) is 3.88. The van der Waals surface area contributed by atoms with Crippen LogP contribution in [0.1, 0.15) is 32.6 Å². The summed E-state index contributed by atoms with van der Waals surface area (Å²) in [5.41, 5.74) is 4.70. The Kier molecular flexibility index (Phi) is 4.37. The fourth-order valence-electron chi connectivity index (χ4n) is 3.75. The Hall–Kier alpha value is -3.44. The summed E-state index contributed by atoms with van der Waals surface area (Å²) in [6.07, 6.45) is 5.44. The lowest BCUT2D eigenvalue weighted by Crippen LogP contribution is -2.31. The molecule has 0 bridgehead atoms. The van der Waals surface area contributed by atoms with Crippen molar-refractivity contribution in [2.24, 2.45) is 0 Å². The van der Waals surface area contributed by atoms with Crippen LogP contribution in [0, 0.1) is 6.92 Å². The zero-order valence-electron chi connectivity index (χ0n) is 16.1. The molecule has 3 aromatic rings. The molecule has 5 nitrogen and oxygen atoms in total. The number of carbonyl (C=O) groups is 1. The van der Waals surface area contributed by atoms with Crippen molar-refractivity contribution in [3.8, 4) is 11.5 Å². The zero-order chi connectivity index (χ0) is 19.8. The first kappa shape index (κ1) is 17.6. The molecule has 0 spiro atoms. The molecule has 2 aromatic carbocycles. The fourth-order valence-corrected chi connectivity index (χ4v) is 3.75. The number of nitrogens with zero attached hydrogens (tertiary/aromatic N) is 2. The minimum Gasteiger partial charge on any atom is -0.478 e. The Labute approximate surface area is 169 Å². The summed E-state index contributed by atoms with van der Waals surface area (Å²) in [7, 11) is 0. The highest BCUT2D eigenvalue weighted by Gasteiger charge is 2.33. The highest BCUT2D eigenvalue weighted by Crippen LogP contribution is 2.42. The predicted octanol–water partition coefficient (Wildman–Crippen LogP) is 4.36. The van der Waals surface area contributed by atoms with E-state index in [-0.39, 0.29) is 5.78 Å². The third kappa shape index (κ3) is 3.30. The summed E-state index contributed by atoms with van der Waals surface area (Å²) < 4.78 is 12.0. The molecule has 5 rings (SSSR count). The number of aromatic nitrogens is 1. The number of ketones is 1. The highest BCUT2D eigenvalue weighted by atomic mass is 16.5. The van der Waals surface area contributed by atoms with Gasteiger partial charge in [-0.3, -0.25) is 14.7 Å². The van der Waals surface area contributed by atoms with Crippen molar-refractivity contribution in [3.63, 3.8) is 0 Å². The maximum Gasteiger partial charge on any atom is 0.231 e. The molecule has 1 aromatic heterocycles. The first-order valence-electron chi connectivity index (χ1n) is 9.59. The molecule has 2 aliphatic heterocycles. The van der Waals surface area contributed by atoms with Crippen LogP contribution < -0.4 is 9.47 Å². The van der Waals surface area contributed by atoms with E-state index in [9.17, 15) is 4.79 Å². The number of benzene rings is 2. The minimum absolute atomic E-state index is 0.0876. The van der Waals surface area contributed by atoms with Crippen LogP contribution in [0.5, 0.6) is 11.5 Å². The summed E-state index contributed by atoms with van der Waals surface area (Å²) >= 11 is 0. The number of hydrogen-bond acceptors (Lipinski definition) is 5. The van der Waals surface area contributed by atoms with Crippen molar-refractivity contribution in [2.45, 2.75) is 20.0 Å². The number of allylic oxidation sites excluding steroid dienone is 1. The first-order valence-corrected chi connectivity index (χ1v) is 9.59. The number of rotatable bonds is 3. The summed E-state index contributed by atoms with van der Waals surface area (Å²) in [5, 5.41) is 0. The number of fused-ring (bicyclic) bond motifs is 3. The molecule has 0 N–H and O–H groups in total. The second kappa shape index (κ2) is 7.18. The third-order valence-corrected chi connectivity index (χ3v) is 5.29. The lowest BCUT2D eigenvalue weighted by molar-refractivity contribution is 0.0872. The SMILES string of the molecule is Cc1ccccc1/C=C1\Oc2c(ccc3c2CN(Cc2cccnc2)CO3)C1=O. The van der Waals surface area contributed by atoms with Gasteiger partial charge in [0.1, 0.15) is 18.2 Å². The largest absolute Gasteiger partial charge is 0.478 e. The van der Waals surface area contributed by atoms with Gasteiger partial charge in [0, 0.05) is 25.5 Å². The summed E-state index contributed by atoms with van der Waals surface area (Å²) in [5.74, 6) is 1.65. The molecular weight excluding hydrogens is 364 g/mol. The topological polar surface area (TPSA) is 51.7 Å². The molecule has 0 aliphatic carbocycles. The first-order chi connectivity index (χ1) is 14.2. The van der Waals surface area contributed by atoms with Crippen molar-refractivity contribution in [1.82, 2.24) is 9.88 Å². The van der Waals surface area contributed by atoms with Gasteiger partial charge in [-0.1, -0.05) is 30.3 Å². The van der Waals surface area contributed by atoms with Gasteiger partial charge in [-0.15, -0.1) is 0 Å². The second-order valence-electron chi connectivity index (χ2n) is 7.34. The van der Waals surface area contributed by atoms with E-state index in [0.717, 1.165) is 34.5 Å². The normalized spacial score (nSPS) is 16.9. The fraction of sp³-hybridized carbons (Fsp3) is 0.167. The number of aryl methyl sites for hydroxylation is 1. The smallest absolute Gasteiger partial charge is 0.231 e. The molecule has 0 radical (unpaired) electrons. The van der Waals surface area contributed by atoms with E-state index < -0.39 is 0 Å². The van der Waals surface area contributed by atoms with Crippen molar-refractivity contribution in [2.75, 3.05) is 6.73 Å². The zero-order valence-corrected chi connectivity index (χ0v) is 16.1. The van der Waals surface area contributed by atoms with Crippen molar-refractivity contribution in [3.05, 3.63) is 94.5 Å². The molecule has 0 saturated heterocycles. The van der Waals surface area contributed by atoms with E-state index >= 15 is 0 Å².